The average molecular weight is 252 g/mol. The predicted octanol–water partition coefficient (Wildman–Crippen LogP) is 1.88. The van der Waals surface area contributed by atoms with Crippen LogP contribution in [-0.4, -0.2) is 49.8 Å². The van der Waals surface area contributed by atoms with Crippen molar-refractivity contribution in [3.05, 3.63) is 0 Å². The molecule has 2 aliphatic heterocycles. The summed E-state index contributed by atoms with van der Waals surface area (Å²) in [6.45, 7) is 8.31. The molecule has 2 heterocycles. The Morgan fingerprint density at radius 2 is 1.94 bits per heavy atom. The number of nitrogens with one attached hydrogen (secondary N) is 1. The lowest BCUT2D eigenvalue weighted by atomic mass is 10.0. The molecule has 4 unspecified atom stereocenters. The Bertz CT molecular complexity index is 253. The summed E-state index contributed by atoms with van der Waals surface area (Å²) in [5.74, 6) is 2.06. The zero-order valence-corrected chi connectivity index (χ0v) is 11.7. The maximum atomic E-state index is 5.72. The molecule has 0 bridgehead atoms. The Hall–Kier alpha value is -0.120. The number of rotatable bonds is 5. The highest BCUT2D eigenvalue weighted by Gasteiger charge is 2.35. The minimum Gasteiger partial charge on any atom is -0.377 e. The summed E-state index contributed by atoms with van der Waals surface area (Å²) in [6, 6.07) is 0.523. The Morgan fingerprint density at radius 1 is 1.17 bits per heavy atom. The summed E-state index contributed by atoms with van der Waals surface area (Å²) in [5.41, 5.74) is 0. The van der Waals surface area contributed by atoms with Gasteiger partial charge in [0.1, 0.15) is 0 Å². The minimum atomic E-state index is 0.461. The van der Waals surface area contributed by atoms with Crippen LogP contribution in [0, 0.1) is 11.8 Å². The molecule has 4 atom stereocenters. The van der Waals surface area contributed by atoms with Gasteiger partial charge in [-0.3, -0.25) is 0 Å². The lowest BCUT2D eigenvalue weighted by Crippen LogP contribution is -2.41. The van der Waals surface area contributed by atoms with Gasteiger partial charge in [-0.05, 0) is 44.4 Å². The van der Waals surface area contributed by atoms with E-state index >= 15 is 0 Å². The first kappa shape index (κ1) is 12.9. The summed E-state index contributed by atoms with van der Waals surface area (Å²) in [7, 11) is 0. The van der Waals surface area contributed by atoms with Gasteiger partial charge in [0.15, 0.2) is 0 Å². The van der Waals surface area contributed by atoms with E-state index in [-0.39, 0.29) is 0 Å². The van der Waals surface area contributed by atoms with Gasteiger partial charge in [0.05, 0.1) is 6.10 Å². The van der Waals surface area contributed by atoms with Gasteiger partial charge in [-0.25, -0.2) is 0 Å². The first-order chi connectivity index (χ1) is 8.83. The molecule has 3 nitrogen and oxygen atoms in total. The van der Waals surface area contributed by atoms with Crippen molar-refractivity contribution in [2.75, 3.05) is 32.8 Å². The van der Waals surface area contributed by atoms with E-state index in [1.54, 1.807) is 0 Å². The molecule has 3 heteroatoms. The number of fused-ring (bicyclic) bond motifs is 1. The molecule has 1 saturated carbocycles. The first-order valence-electron chi connectivity index (χ1n) is 7.90. The highest BCUT2D eigenvalue weighted by Crippen LogP contribution is 2.37. The highest BCUT2D eigenvalue weighted by atomic mass is 16.5. The van der Waals surface area contributed by atoms with Crippen molar-refractivity contribution in [1.82, 2.24) is 10.2 Å². The van der Waals surface area contributed by atoms with Crippen molar-refractivity contribution in [2.45, 2.75) is 51.2 Å². The van der Waals surface area contributed by atoms with Crippen molar-refractivity contribution in [3.63, 3.8) is 0 Å². The lowest BCUT2D eigenvalue weighted by molar-refractivity contribution is 0.0828. The van der Waals surface area contributed by atoms with Crippen LogP contribution in [0.25, 0.3) is 0 Å². The maximum absolute atomic E-state index is 5.72. The zero-order valence-electron chi connectivity index (χ0n) is 11.7. The summed E-state index contributed by atoms with van der Waals surface area (Å²) in [6.07, 6.45) is 7.40. The van der Waals surface area contributed by atoms with E-state index in [0.29, 0.717) is 12.1 Å². The van der Waals surface area contributed by atoms with Crippen LogP contribution >= 0.6 is 0 Å². The molecule has 1 aliphatic carbocycles. The second kappa shape index (κ2) is 5.89. The lowest BCUT2D eigenvalue weighted by Gasteiger charge is -2.22. The number of nitrogens with zero attached hydrogens (tertiary/aromatic N) is 1. The Morgan fingerprint density at radius 3 is 2.61 bits per heavy atom. The van der Waals surface area contributed by atoms with E-state index in [1.807, 2.05) is 0 Å². The van der Waals surface area contributed by atoms with E-state index in [1.165, 1.54) is 51.7 Å². The molecule has 0 aromatic heterocycles. The molecular formula is C15H28N2O. The second-order valence-electron chi connectivity index (χ2n) is 6.50. The van der Waals surface area contributed by atoms with Gasteiger partial charge in [-0.15, -0.1) is 0 Å². The molecule has 0 amide bonds. The van der Waals surface area contributed by atoms with Crippen LogP contribution in [0.15, 0.2) is 0 Å². The predicted molar refractivity (Wildman–Crippen MR) is 73.7 cm³/mol. The summed E-state index contributed by atoms with van der Waals surface area (Å²) in [5, 5.41) is 3.65. The fourth-order valence-electron chi connectivity index (χ4n) is 4.09. The average Bonchev–Trinajstić information content (AvgIpc) is 3.05. The Labute approximate surface area is 111 Å². The molecule has 3 aliphatic rings. The highest BCUT2D eigenvalue weighted by molar-refractivity contribution is 4.88. The van der Waals surface area contributed by atoms with Gasteiger partial charge in [-0.1, -0.05) is 6.42 Å². The SMILES string of the molecule is CC(NCCN1CC2CCCC2C1)C1CCCO1. The standard InChI is InChI=1S/C15H28N2O/c1-12(15-6-3-9-18-15)16-7-8-17-10-13-4-2-5-14(13)11-17/h12-16H,2-11H2,1H3. The van der Waals surface area contributed by atoms with Crippen LogP contribution in [0.2, 0.25) is 0 Å². The van der Waals surface area contributed by atoms with Crippen LogP contribution < -0.4 is 5.32 Å². The third-order valence-corrected chi connectivity index (χ3v) is 5.22. The van der Waals surface area contributed by atoms with E-state index in [9.17, 15) is 0 Å². The van der Waals surface area contributed by atoms with Crippen molar-refractivity contribution in [1.29, 1.82) is 0 Å². The monoisotopic (exact) mass is 252 g/mol. The fraction of sp³-hybridized carbons (Fsp3) is 1.00. The molecule has 2 saturated heterocycles. The van der Waals surface area contributed by atoms with E-state index in [4.69, 9.17) is 4.74 Å². The molecular weight excluding hydrogens is 224 g/mol. The van der Waals surface area contributed by atoms with Crippen LogP contribution in [0.5, 0.6) is 0 Å². The molecule has 3 fully saturated rings. The van der Waals surface area contributed by atoms with Crippen LogP contribution in [0.4, 0.5) is 0 Å². The molecule has 0 spiro atoms. The minimum absolute atomic E-state index is 0.461. The van der Waals surface area contributed by atoms with Crippen molar-refractivity contribution in [3.8, 4) is 0 Å². The van der Waals surface area contributed by atoms with Crippen LogP contribution in [0.3, 0.4) is 0 Å². The number of likely N-dealkylation sites (tertiary alicyclic amines) is 1. The van der Waals surface area contributed by atoms with Gasteiger partial charge in [-0.2, -0.15) is 0 Å². The van der Waals surface area contributed by atoms with Gasteiger partial charge in [0, 0.05) is 38.8 Å². The van der Waals surface area contributed by atoms with Gasteiger partial charge in [0.2, 0.25) is 0 Å². The van der Waals surface area contributed by atoms with Gasteiger partial charge >= 0.3 is 0 Å². The third kappa shape index (κ3) is 2.89. The number of hydrogen-bond donors (Lipinski definition) is 1. The van der Waals surface area contributed by atoms with Crippen LogP contribution in [-0.2, 0) is 4.74 Å². The van der Waals surface area contributed by atoms with Crippen molar-refractivity contribution < 1.29 is 4.74 Å². The van der Waals surface area contributed by atoms with Crippen LogP contribution in [0.1, 0.15) is 39.0 Å². The van der Waals surface area contributed by atoms with Crippen molar-refractivity contribution in [2.24, 2.45) is 11.8 Å². The quantitative estimate of drug-likeness (QED) is 0.808. The number of hydrogen-bond acceptors (Lipinski definition) is 3. The fourth-order valence-corrected chi connectivity index (χ4v) is 4.09. The van der Waals surface area contributed by atoms with Gasteiger partial charge in [0.25, 0.3) is 0 Å². The van der Waals surface area contributed by atoms with E-state index in [0.717, 1.165) is 25.0 Å². The summed E-state index contributed by atoms with van der Waals surface area (Å²) in [4.78, 5) is 2.67. The normalized spacial score (nSPS) is 38.2. The first-order valence-corrected chi connectivity index (χ1v) is 7.90. The Balaban J connectivity index is 1.32. The molecule has 0 aromatic rings. The molecule has 3 rings (SSSR count). The van der Waals surface area contributed by atoms with Crippen molar-refractivity contribution >= 4 is 0 Å². The smallest absolute Gasteiger partial charge is 0.0726 e. The zero-order chi connectivity index (χ0) is 12.4. The maximum Gasteiger partial charge on any atom is 0.0726 e. The Kier molecular flexibility index (Phi) is 4.22. The van der Waals surface area contributed by atoms with Gasteiger partial charge < -0.3 is 15.0 Å². The third-order valence-electron chi connectivity index (χ3n) is 5.22. The molecule has 104 valence electrons. The van der Waals surface area contributed by atoms with E-state index < -0.39 is 0 Å². The summed E-state index contributed by atoms with van der Waals surface area (Å²) < 4.78 is 5.72. The molecule has 0 radical (unpaired) electrons. The summed E-state index contributed by atoms with van der Waals surface area (Å²) >= 11 is 0. The largest absolute Gasteiger partial charge is 0.377 e. The van der Waals surface area contributed by atoms with E-state index in [2.05, 4.69) is 17.1 Å². The molecule has 1 N–H and O–H groups in total. The number of ether oxygens (including phenoxy) is 1. The molecule has 0 aromatic carbocycles. The second-order valence-corrected chi connectivity index (χ2v) is 6.50. The topological polar surface area (TPSA) is 24.5 Å². The molecule has 18 heavy (non-hydrogen) atoms.